The molecule has 5 heteroatoms. The van der Waals surface area contributed by atoms with Gasteiger partial charge in [0, 0.05) is 18.0 Å². The minimum absolute atomic E-state index is 0.249. The van der Waals surface area contributed by atoms with Crippen molar-refractivity contribution in [2.24, 2.45) is 0 Å². The van der Waals surface area contributed by atoms with E-state index in [1.165, 1.54) is 5.56 Å². The van der Waals surface area contributed by atoms with Crippen LogP contribution in [0.5, 0.6) is 5.75 Å². The second kappa shape index (κ2) is 6.17. The van der Waals surface area contributed by atoms with Gasteiger partial charge in [0.25, 0.3) is 5.89 Å². The molecule has 0 atom stereocenters. The Morgan fingerprint density at radius 2 is 2.00 bits per heavy atom. The van der Waals surface area contributed by atoms with Crippen LogP contribution in [0, 0.1) is 0 Å². The van der Waals surface area contributed by atoms with Crippen molar-refractivity contribution in [1.29, 1.82) is 0 Å². The fourth-order valence-electron chi connectivity index (χ4n) is 1.89. The number of benzene rings is 1. The molecule has 0 radical (unpaired) electrons. The number of hydrogen-bond acceptors (Lipinski definition) is 5. The molecule has 2 heterocycles. The van der Waals surface area contributed by atoms with Crippen LogP contribution in [-0.4, -0.2) is 15.1 Å². The normalized spacial score (nSPS) is 10.5. The summed E-state index contributed by atoms with van der Waals surface area (Å²) in [5, 5.41) is 3.92. The molecule has 0 aliphatic heterocycles. The van der Waals surface area contributed by atoms with Crippen LogP contribution in [0.15, 0.2) is 53.3 Å². The van der Waals surface area contributed by atoms with Gasteiger partial charge in [-0.1, -0.05) is 24.2 Å². The highest BCUT2D eigenvalue weighted by Gasteiger charge is 2.09. The average molecular weight is 281 g/mol. The number of aromatic nitrogens is 3. The fraction of sp³-hybridized carbons (Fsp3) is 0.188. The predicted octanol–water partition coefficient (Wildman–Crippen LogP) is 3.27. The Hall–Kier alpha value is -2.69. The number of pyridine rings is 1. The van der Waals surface area contributed by atoms with Crippen LogP contribution < -0.4 is 4.74 Å². The summed E-state index contributed by atoms with van der Waals surface area (Å²) in [7, 11) is 0. The SMILES string of the molecule is CCc1ccc(OCc2nc(-c3cccnc3)no2)cc1. The molecule has 0 aliphatic carbocycles. The molecular formula is C16H15N3O2. The summed E-state index contributed by atoms with van der Waals surface area (Å²) in [6.45, 7) is 2.37. The van der Waals surface area contributed by atoms with Gasteiger partial charge in [0.15, 0.2) is 6.61 Å². The maximum absolute atomic E-state index is 5.63. The molecule has 0 unspecified atom stereocenters. The van der Waals surface area contributed by atoms with Gasteiger partial charge in [0.05, 0.1) is 0 Å². The number of nitrogens with zero attached hydrogens (tertiary/aromatic N) is 3. The second-order valence-corrected chi connectivity index (χ2v) is 4.54. The van der Waals surface area contributed by atoms with E-state index in [0.717, 1.165) is 17.7 Å². The van der Waals surface area contributed by atoms with Gasteiger partial charge in [-0.25, -0.2) is 0 Å². The van der Waals surface area contributed by atoms with Gasteiger partial charge in [-0.05, 0) is 36.2 Å². The lowest BCUT2D eigenvalue weighted by molar-refractivity contribution is 0.243. The number of ether oxygens (including phenoxy) is 1. The van der Waals surface area contributed by atoms with Crippen LogP contribution in [-0.2, 0) is 13.0 Å². The lowest BCUT2D eigenvalue weighted by Crippen LogP contribution is -1.96. The summed E-state index contributed by atoms with van der Waals surface area (Å²) < 4.78 is 10.8. The van der Waals surface area contributed by atoms with E-state index in [9.17, 15) is 0 Å². The molecule has 3 rings (SSSR count). The predicted molar refractivity (Wildman–Crippen MR) is 77.7 cm³/mol. The van der Waals surface area contributed by atoms with E-state index >= 15 is 0 Å². The molecule has 1 aromatic carbocycles. The van der Waals surface area contributed by atoms with Crippen molar-refractivity contribution in [2.75, 3.05) is 0 Å². The average Bonchev–Trinajstić information content (AvgIpc) is 3.03. The first-order valence-electron chi connectivity index (χ1n) is 6.80. The molecule has 0 fully saturated rings. The maximum atomic E-state index is 5.63. The van der Waals surface area contributed by atoms with Gasteiger partial charge in [-0.2, -0.15) is 4.98 Å². The van der Waals surface area contributed by atoms with E-state index in [1.807, 2.05) is 36.4 Å². The van der Waals surface area contributed by atoms with Gasteiger partial charge < -0.3 is 9.26 Å². The molecule has 0 bridgehead atoms. The summed E-state index contributed by atoms with van der Waals surface area (Å²) in [5.74, 6) is 1.74. The molecule has 21 heavy (non-hydrogen) atoms. The zero-order valence-electron chi connectivity index (χ0n) is 11.7. The van der Waals surface area contributed by atoms with Gasteiger partial charge in [-0.3, -0.25) is 4.98 Å². The van der Waals surface area contributed by atoms with Crippen molar-refractivity contribution < 1.29 is 9.26 Å². The lowest BCUT2D eigenvalue weighted by atomic mass is 10.2. The van der Waals surface area contributed by atoms with Crippen LogP contribution >= 0.6 is 0 Å². The summed E-state index contributed by atoms with van der Waals surface area (Å²) in [6, 6.07) is 11.7. The second-order valence-electron chi connectivity index (χ2n) is 4.54. The molecule has 0 spiro atoms. The van der Waals surface area contributed by atoms with Gasteiger partial charge in [0.2, 0.25) is 5.82 Å². The number of hydrogen-bond donors (Lipinski definition) is 0. The lowest BCUT2D eigenvalue weighted by Gasteiger charge is -2.03. The van der Waals surface area contributed by atoms with Crippen LogP contribution in [0.3, 0.4) is 0 Å². The van der Waals surface area contributed by atoms with Crippen molar-refractivity contribution in [3.05, 3.63) is 60.2 Å². The minimum atomic E-state index is 0.249. The summed E-state index contributed by atoms with van der Waals surface area (Å²) in [5.41, 5.74) is 2.10. The monoisotopic (exact) mass is 281 g/mol. The van der Waals surface area contributed by atoms with Crippen molar-refractivity contribution in [2.45, 2.75) is 20.0 Å². The Balaban J connectivity index is 1.64. The topological polar surface area (TPSA) is 61.0 Å². The van der Waals surface area contributed by atoms with Crippen molar-refractivity contribution in [3.8, 4) is 17.1 Å². The highest BCUT2D eigenvalue weighted by molar-refractivity contribution is 5.51. The highest BCUT2D eigenvalue weighted by atomic mass is 16.5. The van der Waals surface area contributed by atoms with Crippen LogP contribution in [0.25, 0.3) is 11.4 Å². The molecule has 5 nitrogen and oxygen atoms in total. The Kier molecular flexibility index (Phi) is 3.91. The molecule has 0 saturated carbocycles. The van der Waals surface area contributed by atoms with E-state index in [-0.39, 0.29) is 6.61 Å². The van der Waals surface area contributed by atoms with Crippen LogP contribution in [0.1, 0.15) is 18.4 Å². The zero-order valence-corrected chi connectivity index (χ0v) is 11.7. The Morgan fingerprint density at radius 3 is 2.71 bits per heavy atom. The van der Waals surface area contributed by atoms with Crippen molar-refractivity contribution in [3.63, 3.8) is 0 Å². The van der Waals surface area contributed by atoms with Gasteiger partial charge in [0.1, 0.15) is 5.75 Å². The largest absolute Gasteiger partial charge is 0.484 e. The van der Waals surface area contributed by atoms with E-state index in [2.05, 4.69) is 22.0 Å². The van der Waals surface area contributed by atoms with Gasteiger partial charge in [-0.15, -0.1) is 0 Å². The van der Waals surface area contributed by atoms with Crippen LogP contribution in [0.4, 0.5) is 0 Å². The molecule has 106 valence electrons. The van der Waals surface area contributed by atoms with Crippen molar-refractivity contribution in [1.82, 2.24) is 15.1 Å². The summed E-state index contributed by atoms with van der Waals surface area (Å²) in [4.78, 5) is 8.31. The molecule has 2 aromatic heterocycles. The zero-order chi connectivity index (χ0) is 14.5. The highest BCUT2D eigenvalue weighted by Crippen LogP contribution is 2.16. The summed E-state index contributed by atoms with van der Waals surface area (Å²) in [6.07, 6.45) is 4.41. The molecule has 0 aliphatic rings. The molecule has 0 N–H and O–H groups in total. The third-order valence-corrected chi connectivity index (χ3v) is 3.08. The molecule has 3 aromatic rings. The summed E-state index contributed by atoms with van der Waals surface area (Å²) >= 11 is 0. The van der Waals surface area contributed by atoms with E-state index in [1.54, 1.807) is 12.4 Å². The number of aryl methyl sites for hydroxylation is 1. The van der Waals surface area contributed by atoms with Gasteiger partial charge >= 0.3 is 0 Å². The molecule has 0 saturated heterocycles. The van der Waals surface area contributed by atoms with E-state index < -0.39 is 0 Å². The maximum Gasteiger partial charge on any atom is 0.264 e. The Morgan fingerprint density at radius 1 is 1.14 bits per heavy atom. The third kappa shape index (κ3) is 3.25. The Bertz CT molecular complexity index is 693. The minimum Gasteiger partial charge on any atom is -0.484 e. The molecular weight excluding hydrogens is 266 g/mol. The quantitative estimate of drug-likeness (QED) is 0.718. The first-order valence-corrected chi connectivity index (χ1v) is 6.80. The standard InChI is InChI=1S/C16H15N3O2/c1-2-12-5-7-14(8-6-12)20-11-15-18-16(19-21-15)13-4-3-9-17-10-13/h3-10H,2,11H2,1H3. The van der Waals surface area contributed by atoms with E-state index in [4.69, 9.17) is 9.26 Å². The fourth-order valence-corrected chi connectivity index (χ4v) is 1.89. The Labute approximate surface area is 122 Å². The van der Waals surface area contributed by atoms with E-state index in [0.29, 0.717) is 11.7 Å². The van der Waals surface area contributed by atoms with Crippen molar-refractivity contribution >= 4 is 0 Å². The number of rotatable bonds is 5. The third-order valence-electron chi connectivity index (χ3n) is 3.08. The smallest absolute Gasteiger partial charge is 0.264 e. The first kappa shape index (κ1) is 13.3. The first-order chi connectivity index (χ1) is 10.3. The molecule has 0 amide bonds. The van der Waals surface area contributed by atoms with Crippen LogP contribution in [0.2, 0.25) is 0 Å².